The Hall–Kier alpha value is -1.96. The Bertz CT molecular complexity index is 650. The molecule has 1 aromatic carbocycles. The van der Waals surface area contributed by atoms with Crippen LogP contribution in [0, 0.1) is 0 Å². The number of hydrogen-bond acceptors (Lipinski definition) is 3. The van der Waals surface area contributed by atoms with Crippen molar-refractivity contribution in [2.75, 3.05) is 5.32 Å². The van der Waals surface area contributed by atoms with Crippen LogP contribution in [0.3, 0.4) is 0 Å². The van der Waals surface area contributed by atoms with Gasteiger partial charge in [0.1, 0.15) is 0 Å². The third-order valence-electron chi connectivity index (χ3n) is 2.47. The van der Waals surface area contributed by atoms with Crippen molar-refractivity contribution in [3.05, 3.63) is 36.2 Å². The molecule has 0 saturated carbocycles. The number of rotatable bonds is 3. The molecule has 1 amide bonds. The van der Waals surface area contributed by atoms with Gasteiger partial charge in [-0.3, -0.25) is 9.48 Å². The fourth-order valence-corrected chi connectivity index (χ4v) is 2.66. The number of benzene rings is 1. The maximum absolute atomic E-state index is 12.8. The second-order valence-electron chi connectivity index (χ2n) is 4.32. The molecule has 8 heteroatoms. The van der Waals surface area contributed by atoms with E-state index in [1.807, 2.05) is 0 Å². The van der Waals surface area contributed by atoms with Crippen LogP contribution in [0.25, 0.3) is 0 Å². The van der Waals surface area contributed by atoms with E-state index in [1.165, 1.54) is 20.2 Å². The van der Waals surface area contributed by atoms with E-state index in [9.17, 15) is 18.0 Å². The number of carbonyl (C=O) groups excluding carboxylic acids is 1. The monoisotopic (exact) mass is 315 g/mol. The first-order chi connectivity index (χ1) is 9.75. The van der Waals surface area contributed by atoms with Crippen LogP contribution in [-0.2, 0) is 18.0 Å². The van der Waals surface area contributed by atoms with Gasteiger partial charge in [-0.15, -0.1) is 0 Å². The average molecular weight is 315 g/mol. The number of carbonyl (C=O) groups is 1. The summed E-state index contributed by atoms with van der Waals surface area (Å²) in [4.78, 5) is 11.6. The Kier molecular flexibility index (Phi) is 4.26. The molecule has 0 aliphatic carbocycles. The van der Waals surface area contributed by atoms with Crippen LogP contribution < -0.4 is 5.32 Å². The molecule has 1 heterocycles. The van der Waals surface area contributed by atoms with E-state index in [1.54, 1.807) is 24.3 Å². The molecule has 21 heavy (non-hydrogen) atoms. The van der Waals surface area contributed by atoms with Crippen LogP contribution in [-0.4, -0.2) is 15.7 Å². The second-order valence-corrected chi connectivity index (χ2v) is 5.44. The minimum absolute atomic E-state index is 0.0391. The Balaban J connectivity index is 2.21. The zero-order valence-electron chi connectivity index (χ0n) is 11.2. The number of aromatic nitrogens is 2. The average Bonchev–Trinajstić information content (AvgIpc) is 2.72. The lowest BCUT2D eigenvalue weighted by Gasteiger charge is -2.06. The molecule has 112 valence electrons. The van der Waals surface area contributed by atoms with Gasteiger partial charge < -0.3 is 5.32 Å². The van der Waals surface area contributed by atoms with Crippen LogP contribution >= 0.6 is 11.8 Å². The number of aryl methyl sites for hydroxylation is 1. The first-order valence-electron chi connectivity index (χ1n) is 5.92. The summed E-state index contributed by atoms with van der Waals surface area (Å²) in [7, 11) is 1.44. The molecule has 2 aromatic rings. The minimum Gasteiger partial charge on any atom is -0.326 e. The molecule has 0 spiro atoms. The molecule has 0 aliphatic rings. The Morgan fingerprint density at radius 3 is 2.43 bits per heavy atom. The molecule has 1 aromatic heterocycles. The highest BCUT2D eigenvalue weighted by atomic mass is 32.2. The lowest BCUT2D eigenvalue weighted by molar-refractivity contribution is -0.143. The zero-order chi connectivity index (χ0) is 15.6. The molecule has 0 atom stereocenters. The molecule has 1 N–H and O–H groups in total. The summed E-state index contributed by atoms with van der Waals surface area (Å²) in [5.41, 5.74) is -0.310. The molecule has 0 saturated heterocycles. The number of alkyl halides is 3. The maximum Gasteiger partial charge on any atom is 0.436 e. The van der Waals surface area contributed by atoms with Gasteiger partial charge in [0, 0.05) is 30.8 Å². The van der Waals surface area contributed by atoms with Gasteiger partial charge in [0.05, 0.1) is 4.90 Å². The predicted octanol–water partition coefficient (Wildman–Crippen LogP) is 3.55. The molecular weight excluding hydrogens is 303 g/mol. The number of halogens is 3. The lowest BCUT2D eigenvalue weighted by atomic mass is 10.3. The van der Waals surface area contributed by atoms with E-state index in [0.29, 0.717) is 10.6 Å². The van der Waals surface area contributed by atoms with Crippen molar-refractivity contribution in [2.24, 2.45) is 7.05 Å². The summed E-state index contributed by atoms with van der Waals surface area (Å²) in [6, 6.07) is 6.55. The van der Waals surface area contributed by atoms with Gasteiger partial charge in [-0.25, -0.2) is 0 Å². The van der Waals surface area contributed by atoms with Crippen molar-refractivity contribution in [3.8, 4) is 0 Å². The van der Waals surface area contributed by atoms with E-state index in [0.717, 1.165) is 16.4 Å². The van der Waals surface area contributed by atoms with Gasteiger partial charge in [0.15, 0.2) is 5.69 Å². The largest absolute Gasteiger partial charge is 0.436 e. The summed E-state index contributed by atoms with van der Waals surface area (Å²) >= 11 is 0.973. The molecule has 2 rings (SSSR count). The maximum atomic E-state index is 12.8. The van der Waals surface area contributed by atoms with Gasteiger partial charge in [-0.2, -0.15) is 18.3 Å². The summed E-state index contributed by atoms with van der Waals surface area (Å²) in [5, 5.41) is 6.04. The standard InChI is InChI=1S/C13H12F3N3OS/c1-8(20)17-9-3-5-10(6-4-9)21-11-7-19(2)18-12(11)13(14,15)16/h3-7H,1-2H3,(H,17,20). The second kappa shape index (κ2) is 5.80. The molecule has 4 nitrogen and oxygen atoms in total. The van der Waals surface area contributed by atoms with Gasteiger partial charge >= 0.3 is 6.18 Å². The highest BCUT2D eigenvalue weighted by molar-refractivity contribution is 7.99. The number of amides is 1. The lowest BCUT2D eigenvalue weighted by Crippen LogP contribution is -2.08. The van der Waals surface area contributed by atoms with Crippen LogP contribution in [0.5, 0.6) is 0 Å². The minimum atomic E-state index is -4.49. The molecule has 0 bridgehead atoms. The summed E-state index contributed by atoms with van der Waals surface area (Å²) < 4.78 is 39.6. The predicted molar refractivity (Wildman–Crippen MR) is 73.1 cm³/mol. The van der Waals surface area contributed by atoms with E-state index in [-0.39, 0.29) is 10.8 Å². The van der Waals surface area contributed by atoms with E-state index >= 15 is 0 Å². The SMILES string of the molecule is CC(=O)Nc1ccc(Sc2cn(C)nc2C(F)(F)F)cc1. The topological polar surface area (TPSA) is 46.9 Å². The van der Waals surface area contributed by atoms with Crippen molar-refractivity contribution < 1.29 is 18.0 Å². The van der Waals surface area contributed by atoms with Crippen molar-refractivity contribution >= 4 is 23.4 Å². The molecular formula is C13H12F3N3OS. The first-order valence-corrected chi connectivity index (χ1v) is 6.73. The highest BCUT2D eigenvalue weighted by Gasteiger charge is 2.37. The summed E-state index contributed by atoms with van der Waals surface area (Å²) in [5.74, 6) is -0.206. The van der Waals surface area contributed by atoms with Gasteiger partial charge in [0.2, 0.25) is 5.91 Å². The molecule has 0 fully saturated rings. The van der Waals surface area contributed by atoms with Crippen molar-refractivity contribution in [1.82, 2.24) is 9.78 Å². The Morgan fingerprint density at radius 2 is 1.90 bits per heavy atom. The third kappa shape index (κ3) is 4.01. The Morgan fingerprint density at radius 1 is 1.29 bits per heavy atom. The fraction of sp³-hybridized carbons (Fsp3) is 0.231. The van der Waals surface area contributed by atoms with Crippen molar-refractivity contribution in [3.63, 3.8) is 0 Å². The van der Waals surface area contributed by atoms with Gasteiger partial charge in [-0.1, -0.05) is 11.8 Å². The normalized spacial score (nSPS) is 11.5. The summed E-state index contributed by atoms with van der Waals surface area (Å²) in [6.45, 7) is 1.38. The third-order valence-corrected chi connectivity index (χ3v) is 3.49. The van der Waals surface area contributed by atoms with Crippen LogP contribution in [0.15, 0.2) is 40.3 Å². The molecule has 0 aliphatic heterocycles. The first kappa shape index (κ1) is 15.4. The quantitative estimate of drug-likeness (QED) is 0.942. The Labute approximate surface area is 123 Å². The number of anilines is 1. The highest BCUT2D eigenvalue weighted by Crippen LogP contribution is 2.38. The zero-order valence-corrected chi connectivity index (χ0v) is 12.0. The molecule has 0 radical (unpaired) electrons. The van der Waals surface area contributed by atoms with E-state index in [4.69, 9.17) is 0 Å². The van der Waals surface area contributed by atoms with E-state index < -0.39 is 11.9 Å². The summed E-state index contributed by atoms with van der Waals surface area (Å²) in [6.07, 6.45) is -3.16. The number of nitrogens with zero attached hydrogens (tertiary/aromatic N) is 2. The van der Waals surface area contributed by atoms with Crippen LogP contribution in [0.2, 0.25) is 0 Å². The number of hydrogen-bond donors (Lipinski definition) is 1. The fourth-order valence-electron chi connectivity index (χ4n) is 1.67. The number of nitrogens with one attached hydrogen (secondary N) is 1. The van der Waals surface area contributed by atoms with Gasteiger partial charge in [0.25, 0.3) is 0 Å². The van der Waals surface area contributed by atoms with E-state index in [2.05, 4.69) is 10.4 Å². The van der Waals surface area contributed by atoms with Crippen LogP contribution in [0.4, 0.5) is 18.9 Å². The van der Waals surface area contributed by atoms with Crippen molar-refractivity contribution in [2.45, 2.75) is 22.9 Å². The molecule has 0 unspecified atom stereocenters. The van der Waals surface area contributed by atoms with Crippen molar-refractivity contribution in [1.29, 1.82) is 0 Å². The van der Waals surface area contributed by atoms with Crippen LogP contribution in [0.1, 0.15) is 12.6 Å². The smallest absolute Gasteiger partial charge is 0.326 e. The van der Waals surface area contributed by atoms with Gasteiger partial charge in [-0.05, 0) is 24.3 Å².